The van der Waals surface area contributed by atoms with Crippen molar-refractivity contribution in [3.8, 4) is 11.4 Å². The van der Waals surface area contributed by atoms with Crippen LogP contribution in [0.1, 0.15) is 18.7 Å². The number of likely N-dealkylation sites (tertiary alicyclic amines) is 1. The molecule has 1 aromatic heterocycles. The Kier molecular flexibility index (Phi) is 5.40. The van der Waals surface area contributed by atoms with Gasteiger partial charge < -0.3 is 14.7 Å². The van der Waals surface area contributed by atoms with E-state index in [9.17, 15) is 14.0 Å². The predicted molar refractivity (Wildman–Crippen MR) is 115 cm³/mol. The van der Waals surface area contributed by atoms with E-state index in [-0.39, 0.29) is 30.1 Å². The molecular weight excluding hydrogens is 413 g/mol. The van der Waals surface area contributed by atoms with E-state index in [0.29, 0.717) is 55.4 Å². The van der Waals surface area contributed by atoms with Crippen molar-refractivity contribution in [1.82, 2.24) is 15.0 Å². The number of carbonyl (C=O) groups is 2. The van der Waals surface area contributed by atoms with Crippen molar-refractivity contribution in [2.24, 2.45) is 5.92 Å². The number of anilines is 2. The van der Waals surface area contributed by atoms with Crippen molar-refractivity contribution in [3.05, 3.63) is 60.2 Å². The second-order valence-electron chi connectivity index (χ2n) is 8.06. The van der Waals surface area contributed by atoms with Crippen LogP contribution < -0.4 is 10.2 Å². The van der Waals surface area contributed by atoms with Crippen molar-refractivity contribution >= 4 is 23.2 Å². The average molecular weight is 435 g/mol. The summed E-state index contributed by atoms with van der Waals surface area (Å²) < 4.78 is 18.5. The van der Waals surface area contributed by atoms with Gasteiger partial charge in [0, 0.05) is 11.5 Å². The highest BCUT2D eigenvalue weighted by atomic mass is 19.1. The third-order valence-electron chi connectivity index (χ3n) is 5.90. The Bertz CT molecular complexity index is 1140. The van der Waals surface area contributed by atoms with Crippen LogP contribution in [-0.4, -0.2) is 46.5 Å². The number of halogens is 1. The molecule has 2 aliphatic heterocycles. The number of nitrogens with zero attached hydrogens (tertiary/aromatic N) is 4. The molecule has 0 spiro atoms. The molecule has 3 aromatic rings. The zero-order chi connectivity index (χ0) is 22.1. The normalized spacial score (nSPS) is 17.2. The van der Waals surface area contributed by atoms with Crippen molar-refractivity contribution in [1.29, 1.82) is 0 Å². The Balaban J connectivity index is 1.19. The summed E-state index contributed by atoms with van der Waals surface area (Å²) in [7, 11) is 0. The van der Waals surface area contributed by atoms with Crippen LogP contribution in [-0.2, 0) is 16.1 Å². The first-order chi connectivity index (χ1) is 15.6. The van der Waals surface area contributed by atoms with Crippen LogP contribution in [0.5, 0.6) is 0 Å². The first-order valence-electron chi connectivity index (χ1n) is 10.6. The smallest absolute Gasteiger partial charge is 0.244 e. The van der Waals surface area contributed by atoms with Crippen LogP contribution in [0.15, 0.2) is 53.1 Å². The number of rotatable bonds is 4. The molecule has 1 fully saturated rings. The lowest BCUT2D eigenvalue weighted by Crippen LogP contribution is -2.47. The van der Waals surface area contributed by atoms with Gasteiger partial charge in [-0.1, -0.05) is 17.3 Å². The molecular formula is C23H22FN5O3. The summed E-state index contributed by atoms with van der Waals surface area (Å²) in [4.78, 5) is 33.4. The number of hydrogen-bond acceptors (Lipinski definition) is 6. The summed E-state index contributed by atoms with van der Waals surface area (Å²) >= 11 is 0. The lowest BCUT2D eigenvalue weighted by atomic mass is 9.94. The molecule has 164 valence electrons. The molecule has 0 radical (unpaired) electrons. The molecule has 0 aliphatic carbocycles. The first kappa shape index (κ1) is 20.3. The van der Waals surface area contributed by atoms with E-state index in [1.165, 1.54) is 12.1 Å². The van der Waals surface area contributed by atoms with Crippen LogP contribution >= 0.6 is 0 Å². The summed E-state index contributed by atoms with van der Waals surface area (Å²) in [6.45, 7) is 1.97. The van der Waals surface area contributed by atoms with Gasteiger partial charge in [0.1, 0.15) is 12.4 Å². The fraction of sp³-hybridized carbons (Fsp3) is 0.304. The maximum atomic E-state index is 13.2. The molecule has 2 aliphatic rings. The molecule has 1 saturated heterocycles. The van der Waals surface area contributed by atoms with Gasteiger partial charge in [-0.25, -0.2) is 4.39 Å². The highest BCUT2D eigenvalue weighted by Gasteiger charge is 2.33. The Morgan fingerprint density at radius 3 is 2.66 bits per heavy atom. The molecule has 5 rings (SSSR count). The summed E-state index contributed by atoms with van der Waals surface area (Å²) in [5.74, 6) is 0.264. The molecule has 0 unspecified atom stereocenters. The third kappa shape index (κ3) is 4.11. The SMILES string of the molecule is O=C1CN(C(=O)C2CCN(Cc3nc(-c4ccc(F)cc4)no3)CC2)c2ccccc2N1. The fourth-order valence-electron chi connectivity index (χ4n) is 4.21. The Hall–Kier alpha value is -3.59. The van der Waals surface area contributed by atoms with Gasteiger partial charge in [-0.2, -0.15) is 4.98 Å². The van der Waals surface area contributed by atoms with E-state index in [0.717, 1.165) is 5.69 Å². The van der Waals surface area contributed by atoms with E-state index in [4.69, 9.17) is 4.52 Å². The van der Waals surface area contributed by atoms with E-state index in [1.807, 2.05) is 18.2 Å². The van der Waals surface area contributed by atoms with E-state index in [1.54, 1.807) is 23.1 Å². The van der Waals surface area contributed by atoms with Crippen LogP contribution in [0.3, 0.4) is 0 Å². The molecule has 0 bridgehead atoms. The van der Waals surface area contributed by atoms with Crippen molar-refractivity contribution in [2.75, 3.05) is 29.9 Å². The van der Waals surface area contributed by atoms with Gasteiger partial charge in [-0.3, -0.25) is 14.5 Å². The molecule has 8 nitrogen and oxygen atoms in total. The monoisotopic (exact) mass is 435 g/mol. The molecule has 2 aromatic carbocycles. The topological polar surface area (TPSA) is 91.6 Å². The Labute approximate surface area is 184 Å². The lowest BCUT2D eigenvalue weighted by molar-refractivity contribution is -0.126. The Morgan fingerprint density at radius 1 is 1.12 bits per heavy atom. The highest BCUT2D eigenvalue weighted by Crippen LogP contribution is 2.32. The van der Waals surface area contributed by atoms with Gasteiger partial charge in [0.15, 0.2) is 0 Å². The number of carbonyl (C=O) groups excluding carboxylic acids is 2. The number of hydrogen-bond donors (Lipinski definition) is 1. The van der Waals surface area contributed by atoms with Crippen molar-refractivity contribution < 1.29 is 18.5 Å². The molecule has 2 amide bonds. The van der Waals surface area contributed by atoms with E-state index < -0.39 is 0 Å². The van der Waals surface area contributed by atoms with Gasteiger partial charge in [-0.05, 0) is 62.3 Å². The molecule has 0 saturated carbocycles. The largest absolute Gasteiger partial charge is 0.338 e. The summed E-state index contributed by atoms with van der Waals surface area (Å²) in [6, 6.07) is 13.3. The van der Waals surface area contributed by atoms with Crippen molar-refractivity contribution in [2.45, 2.75) is 19.4 Å². The van der Waals surface area contributed by atoms with Gasteiger partial charge in [0.25, 0.3) is 0 Å². The number of piperidine rings is 1. The summed E-state index contributed by atoms with van der Waals surface area (Å²) in [6.07, 6.45) is 1.39. The Morgan fingerprint density at radius 2 is 1.88 bits per heavy atom. The van der Waals surface area contributed by atoms with Crippen LogP contribution in [0.25, 0.3) is 11.4 Å². The molecule has 1 N–H and O–H groups in total. The number of nitrogens with one attached hydrogen (secondary N) is 1. The summed E-state index contributed by atoms with van der Waals surface area (Å²) in [5, 5.41) is 6.80. The van der Waals surface area contributed by atoms with E-state index in [2.05, 4.69) is 20.4 Å². The zero-order valence-electron chi connectivity index (χ0n) is 17.3. The standard InChI is InChI=1S/C23H22FN5O3/c24-17-7-5-15(6-8-17)22-26-21(32-27-22)14-28-11-9-16(10-12-28)23(31)29-13-20(30)25-18-3-1-2-4-19(18)29/h1-8,16H,9-14H2,(H,25,30). The summed E-state index contributed by atoms with van der Waals surface area (Å²) in [5.41, 5.74) is 2.11. The number of aromatic nitrogens is 2. The molecule has 32 heavy (non-hydrogen) atoms. The van der Waals surface area contributed by atoms with Gasteiger partial charge in [0.05, 0.1) is 17.9 Å². The third-order valence-corrected chi connectivity index (χ3v) is 5.90. The van der Waals surface area contributed by atoms with E-state index >= 15 is 0 Å². The minimum Gasteiger partial charge on any atom is -0.338 e. The average Bonchev–Trinajstić information content (AvgIpc) is 3.27. The van der Waals surface area contributed by atoms with Crippen LogP contribution in [0.2, 0.25) is 0 Å². The molecule has 3 heterocycles. The van der Waals surface area contributed by atoms with Crippen LogP contribution in [0, 0.1) is 11.7 Å². The van der Waals surface area contributed by atoms with Gasteiger partial charge in [-0.15, -0.1) is 0 Å². The fourth-order valence-corrected chi connectivity index (χ4v) is 4.21. The predicted octanol–water partition coefficient (Wildman–Crippen LogP) is 3.07. The number of benzene rings is 2. The van der Waals surface area contributed by atoms with Crippen molar-refractivity contribution in [3.63, 3.8) is 0 Å². The first-order valence-corrected chi connectivity index (χ1v) is 10.6. The lowest BCUT2D eigenvalue weighted by Gasteiger charge is -2.35. The maximum absolute atomic E-state index is 13.2. The number of para-hydroxylation sites is 2. The molecule has 0 atom stereocenters. The van der Waals surface area contributed by atoms with Gasteiger partial charge in [0.2, 0.25) is 23.5 Å². The highest BCUT2D eigenvalue weighted by molar-refractivity contribution is 6.10. The quantitative estimate of drug-likeness (QED) is 0.677. The maximum Gasteiger partial charge on any atom is 0.244 e. The zero-order valence-corrected chi connectivity index (χ0v) is 17.3. The number of amides is 2. The minimum atomic E-state index is -0.316. The van der Waals surface area contributed by atoms with Gasteiger partial charge >= 0.3 is 0 Å². The minimum absolute atomic E-state index is 0.0108. The second kappa shape index (κ2) is 8.51. The van der Waals surface area contributed by atoms with Crippen LogP contribution in [0.4, 0.5) is 15.8 Å². The second-order valence-corrected chi connectivity index (χ2v) is 8.06. The number of fused-ring (bicyclic) bond motifs is 1. The molecule has 9 heteroatoms.